The fourth-order valence-electron chi connectivity index (χ4n) is 3.70. The van der Waals surface area contributed by atoms with Crippen LogP contribution in [-0.2, 0) is 19.5 Å². The second kappa shape index (κ2) is 6.96. The summed E-state index contributed by atoms with van der Waals surface area (Å²) >= 11 is 5.98. The molecular formula is C21H19ClN6. The summed E-state index contributed by atoms with van der Waals surface area (Å²) in [5, 5.41) is 0.718. The van der Waals surface area contributed by atoms with Crippen molar-refractivity contribution < 1.29 is 0 Å². The standard InChI is InChI=1S/C21H19ClN6/c1-14-19(28-9-2-8-23-21(28)25-14)13-27-10-7-18-16(12-27)11-24-20(26-18)15-3-5-17(22)6-4-15/h2-6,8-9,11H,7,10,12-13H2,1H3. The van der Waals surface area contributed by atoms with Crippen molar-refractivity contribution in [1.82, 2.24) is 29.2 Å². The zero-order valence-corrected chi connectivity index (χ0v) is 16.3. The normalized spacial score (nSPS) is 14.4. The van der Waals surface area contributed by atoms with Gasteiger partial charge in [-0.2, -0.15) is 0 Å². The average molecular weight is 391 g/mol. The molecule has 5 rings (SSSR count). The molecule has 0 radical (unpaired) electrons. The largest absolute Gasteiger partial charge is 0.293 e. The summed E-state index contributed by atoms with van der Waals surface area (Å²) in [6, 6.07) is 9.60. The molecule has 3 aromatic heterocycles. The third-order valence-electron chi connectivity index (χ3n) is 5.19. The summed E-state index contributed by atoms with van der Waals surface area (Å²) in [5.41, 5.74) is 5.52. The molecule has 7 heteroatoms. The summed E-state index contributed by atoms with van der Waals surface area (Å²) in [4.78, 5) is 20.7. The van der Waals surface area contributed by atoms with E-state index in [2.05, 4.69) is 24.3 Å². The fourth-order valence-corrected chi connectivity index (χ4v) is 3.82. The van der Waals surface area contributed by atoms with Crippen molar-refractivity contribution in [3.63, 3.8) is 0 Å². The van der Waals surface area contributed by atoms with Crippen molar-refractivity contribution in [3.8, 4) is 11.4 Å². The smallest absolute Gasteiger partial charge is 0.234 e. The van der Waals surface area contributed by atoms with Crippen LogP contribution >= 0.6 is 11.6 Å². The maximum Gasteiger partial charge on any atom is 0.234 e. The molecule has 1 aliphatic rings. The highest BCUT2D eigenvalue weighted by atomic mass is 35.5. The van der Waals surface area contributed by atoms with E-state index in [-0.39, 0.29) is 0 Å². The Hall–Kier alpha value is -2.83. The Morgan fingerprint density at radius 2 is 1.96 bits per heavy atom. The van der Waals surface area contributed by atoms with Crippen molar-refractivity contribution >= 4 is 17.4 Å². The van der Waals surface area contributed by atoms with E-state index >= 15 is 0 Å². The Balaban J connectivity index is 1.38. The van der Waals surface area contributed by atoms with Gasteiger partial charge in [0.2, 0.25) is 5.78 Å². The molecule has 0 saturated carbocycles. The van der Waals surface area contributed by atoms with Gasteiger partial charge in [-0.1, -0.05) is 11.6 Å². The quantitative estimate of drug-likeness (QED) is 0.533. The molecule has 0 bridgehead atoms. The highest BCUT2D eigenvalue weighted by Crippen LogP contribution is 2.24. The fraction of sp³-hybridized carbons (Fsp3) is 0.238. The van der Waals surface area contributed by atoms with Crippen LogP contribution in [0.15, 0.2) is 48.9 Å². The van der Waals surface area contributed by atoms with Gasteiger partial charge in [-0.25, -0.2) is 19.9 Å². The van der Waals surface area contributed by atoms with Gasteiger partial charge in [-0.05, 0) is 37.3 Å². The summed E-state index contributed by atoms with van der Waals surface area (Å²) in [6.45, 7) is 4.67. The van der Waals surface area contributed by atoms with Gasteiger partial charge in [0.05, 0.1) is 17.1 Å². The van der Waals surface area contributed by atoms with Crippen molar-refractivity contribution in [2.45, 2.75) is 26.4 Å². The predicted octanol–water partition coefficient (Wildman–Crippen LogP) is 3.71. The Bertz CT molecular complexity index is 1150. The molecule has 0 fully saturated rings. The minimum Gasteiger partial charge on any atom is -0.293 e. The van der Waals surface area contributed by atoms with Crippen molar-refractivity contribution in [2.24, 2.45) is 0 Å². The second-order valence-electron chi connectivity index (χ2n) is 7.07. The van der Waals surface area contributed by atoms with E-state index in [1.165, 1.54) is 11.3 Å². The molecule has 0 unspecified atom stereocenters. The zero-order chi connectivity index (χ0) is 19.1. The van der Waals surface area contributed by atoms with E-state index in [0.29, 0.717) is 0 Å². The number of benzene rings is 1. The van der Waals surface area contributed by atoms with E-state index in [1.54, 1.807) is 6.20 Å². The molecule has 0 spiro atoms. The first-order valence-electron chi connectivity index (χ1n) is 9.29. The van der Waals surface area contributed by atoms with Gasteiger partial charge < -0.3 is 0 Å². The molecule has 0 amide bonds. The maximum absolute atomic E-state index is 5.98. The van der Waals surface area contributed by atoms with E-state index in [4.69, 9.17) is 16.6 Å². The predicted molar refractivity (Wildman–Crippen MR) is 108 cm³/mol. The third kappa shape index (κ3) is 3.15. The summed E-state index contributed by atoms with van der Waals surface area (Å²) in [5.74, 6) is 1.51. The number of imidazole rings is 1. The summed E-state index contributed by atoms with van der Waals surface area (Å²) < 4.78 is 2.07. The minimum absolute atomic E-state index is 0.718. The molecule has 1 aliphatic heterocycles. The first-order chi connectivity index (χ1) is 13.7. The Labute approximate surface area is 167 Å². The maximum atomic E-state index is 5.98. The van der Waals surface area contributed by atoms with Crippen LogP contribution in [0.3, 0.4) is 0 Å². The number of nitrogens with zero attached hydrogens (tertiary/aromatic N) is 6. The summed E-state index contributed by atoms with van der Waals surface area (Å²) in [6.07, 6.45) is 6.67. The van der Waals surface area contributed by atoms with Gasteiger partial charge in [-0.15, -0.1) is 0 Å². The van der Waals surface area contributed by atoms with Gasteiger partial charge in [0.25, 0.3) is 0 Å². The lowest BCUT2D eigenvalue weighted by molar-refractivity contribution is 0.239. The second-order valence-corrected chi connectivity index (χ2v) is 7.50. The third-order valence-corrected chi connectivity index (χ3v) is 5.44. The lowest BCUT2D eigenvalue weighted by Gasteiger charge is -2.28. The molecule has 0 aliphatic carbocycles. The van der Waals surface area contributed by atoms with E-state index in [9.17, 15) is 0 Å². The van der Waals surface area contributed by atoms with Crippen LogP contribution in [0.4, 0.5) is 0 Å². The Morgan fingerprint density at radius 1 is 1.11 bits per heavy atom. The van der Waals surface area contributed by atoms with Crippen LogP contribution in [0, 0.1) is 6.92 Å². The van der Waals surface area contributed by atoms with Crippen molar-refractivity contribution in [1.29, 1.82) is 0 Å². The number of hydrogen-bond acceptors (Lipinski definition) is 5. The van der Waals surface area contributed by atoms with Crippen LogP contribution in [0.2, 0.25) is 5.02 Å². The van der Waals surface area contributed by atoms with Gasteiger partial charge >= 0.3 is 0 Å². The number of halogens is 1. The molecule has 0 N–H and O–H groups in total. The van der Waals surface area contributed by atoms with Crippen LogP contribution in [0.1, 0.15) is 22.6 Å². The average Bonchev–Trinajstić information content (AvgIpc) is 3.03. The Kier molecular flexibility index (Phi) is 4.30. The van der Waals surface area contributed by atoms with Gasteiger partial charge in [0.15, 0.2) is 5.82 Å². The molecule has 140 valence electrons. The minimum atomic E-state index is 0.718. The summed E-state index contributed by atoms with van der Waals surface area (Å²) in [7, 11) is 0. The lowest BCUT2D eigenvalue weighted by atomic mass is 10.1. The van der Waals surface area contributed by atoms with Crippen molar-refractivity contribution in [3.05, 3.63) is 76.6 Å². The van der Waals surface area contributed by atoms with Gasteiger partial charge in [0, 0.05) is 60.8 Å². The monoisotopic (exact) mass is 390 g/mol. The van der Waals surface area contributed by atoms with Crippen LogP contribution in [-0.4, -0.2) is 35.8 Å². The number of fused-ring (bicyclic) bond motifs is 2. The van der Waals surface area contributed by atoms with Crippen LogP contribution in [0.5, 0.6) is 0 Å². The first-order valence-corrected chi connectivity index (χ1v) is 9.67. The molecular weight excluding hydrogens is 372 g/mol. The zero-order valence-electron chi connectivity index (χ0n) is 15.5. The van der Waals surface area contributed by atoms with E-state index in [1.807, 2.05) is 49.6 Å². The van der Waals surface area contributed by atoms with E-state index in [0.717, 1.165) is 59.6 Å². The number of hydrogen-bond donors (Lipinski definition) is 0. The SMILES string of the molecule is Cc1nc2ncccn2c1CN1CCc2nc(-c3ccc(Cl)cc3)ncc2C1. The van der Waals surface area contributed by atoms with Crippen LogP contribution < -0.4 is 0 Å². The Morgan fingerprint density at radius 3 is 2.82 bits per heavy atom. The van der Waals surface area contributed by atoms with Crippen LogP contribution in [0.25, 0.3) is 17.2 Å². The number of aromatic nitrogens is 5. The molecule has 1 aromatic carbocycles. The van der Waals surface area contributed by atoms with Crippen molar-refractivity contribution in [2.75, 3.05) is 6.54 Å². The lowest BCUT2D eigenvalue weighted by Crippen LogP contribution is -2.31. The first kappa shape index (κ1) is 17.3. The molecule has 28 heavy (non-hydrogen) atoms. The highest BCUT2D eigenvalue weighted by molar-refractivity contribution is 6.30. The van der Waals surface area contributed by atoms with Gasteiger partial charge in [-0.3, -0.25) is 9.30 Å². The van der Waals surface area contributed by atoms with E-state index < -0.39 is 0 Å². The highest BCUT2D eigenvalue weighted by Gasteiger charge is 2.21. The topological polar surface area (TPSA) is 59.2 Å². The molecule has 6 nitrogen and oxygen atoms in total. The molecule has 0 saturated heterocycles. The molecule has 0 atom stereocenters. The molecule has 4 heterocycles. The number of aryl methyl sites for hydroxylation is 1. The number of rotatable bonds is 3. The van der Waals surface area contributed by atoms with Gasteiger partial charge in [0.1, 0.15) is 0 Å². The molecule has 4 aromatic rings.